The Kier molecular flexibility index (Phi) is 3.69. The highest BCUT2D eigenvalue weighted by atomic mass is 19.4. The minimum atomic E-state index is -4.41. The van der Waals surface area contributed by atoms with E-state index in [0.717, 1.165) is 12.1 Å². The van der Waals surface area contributed by atoms with Crippen molar-refractivity contribution in [3.8, 4) is 0 Å². The number of nitrogens with one attached hydrogen (secondary N) is 1. The number of hydrogen-bond acceptors (Lipinski definition) is 3. The van der Waals surface area contributed by atoms with Gasteiger partial charge in [0.15, 0.2) is 0 Å². The largest absolute Gasteiger partial charge is 0.416 e. The Hall–Kier alpha value is -2.96. The van der Waals surface area contributed by atoms with Crippen LogP contribution in [0, 0.1) is 0 Å². The van der Waals surface area contributed by atoms with Crippen molar-refractivity contribution in [2.45, 2.75) is 6.18 Å². The van der Waals surface area contributed by atoms with Gasteiger partial charge < -0.3 is 5.32 Å². The molecule has 0 radical (unpaired) electrons. The maximum Gasteiger partial charge on any atom is 0.416 e. The molecule has 0 saturated heterocycles. The van der Waals surface area contributed by atoms with Gasteiger partial charge in [-0.15, -0.1) is 0 Å². The summed E-state index contributed by atoms with van der Waals surface area (Å²) in [4.78, 5) is 20.5. The molecule has 7 heteroatoms. The molecule has 1 N–H and O–H groups in total. The number of amides is 1. The average molecular weight is 317 g/mol. The predicted molar refractivity (Wildman–Crippen MR) is 78.9 cm³/mol. The van der Waals surface area contributed by atoms with Crippen LogP contribution in [-0.4, -0.2) is 15.9 Å². The van der Waals surface area contributed by atoms with E-state index >= 15 is 0 Å². The zero-order chi connectivity index (χ0) is 16.4. The summed E-state index contributed by atoms with van der Waals surface area (Å²) in [6.07, 6.45) is -1.43. The van der Waals surface area contributed by atoms with Crippen LogP contribution in [0.2, 0.25) is 0 Å². The Morgan fingerprint density at radius 3 is 2.35 bits per heavy atom. The van der Waals surface area contributed by atoms with Gasteiger partial charge in [-0.05, 0) is 36.4 Å². The maximum absolute atomic E-state index is 12.5. The molecule has 3 aromatic rings. The lowest BCUT2D eigenvalue weighted by Gasteiger charge is -2.09. The molecule has 0 atom stereocenters. The van der Waals surface area contributed by atoms with Crippen LogP contribution < -0.4 is 5.32 Å². The average Bonchev–Trinajstić information content (AvgIpc) is 2.54. The van der Waals surface area contributed by atoms with E-state index < -0.39 is 17.6 Å². The number of benzene rings is 2. The number of fused-ring (bicyclic) bond motifs is 1. The van der Waals surface area contributed by atoms with Crippen molar-refractivity contribution in [3.63, 3.8) is 0 Å². The van der Waals surface area contributed by atoms with Crippen LogP contribution in [0.15, 0.2) is 54.9 Å². The molecule has 1 heterocycles. The molecule has 0 saturated carbocycles. The van der Waals surface area contributed by atoms with Gasteiger partial charge >= 0.3 is 6.18 Å². The van der Waals surface area contributed by atoms with E-state index in [1.165, 1.54) is 24.5 Å². The number of aromatic nitrogens is 2. The number of para-hydroxylation sites is 1. The van der Waals surface area contributed by atoms with E-state index in [1.807, 2.05) is 0 Å². The Balaban J connectivity index is 1.86. The van der Waals surface area contributed by atoms with E-state index in [4.69, 9.17) is 0 Å². The molecule has 4 nitrogen and oxygen atoms in total. The highest BCUT2D eigenvalue weighted by Crippen LogP contribution is 2.30. The molecule has 0 spiro atoms. The molecule has 1 amide bonds. The van der Waals surface area contributed by atoms with Gasteiger partial charge in [0.05, 0.1) is 16.6 Å². The zero-order valence-electron chi connectivity index (χ0n) is 11.6. The van der Waals surface area contributed by atoms with Crippen molar-refractivity contribution in [2.75, 3.05) is 5.32 Å². The van der Waals surface area contributed by atoms with Gasteiger partial charge in [-0.2, -0.15) is 13.2 Å². The van der Waals surface area contributed by atoms with E-state index in [0.29, 0.717) is 16.6 Å². The normalized spacial score (nSPS) is 11.4. The van der Waals surface area contributed by atoms with Gasteiger partial charge in [-0.25, -0.2) is 0 Å². The lowest BCUT2D eigenvalue weighted by molar-refractivity contribution is -0.137. The van der Waals surface area contributed by atoms with Crippen molar-refractivity contribution < 1.29 is 18.0 Å². The van der Waals surface area contributed by atoms with Crippen molar-refractivity contribution >= 4 is 22.6 Å². The second kappa shape index (κ2) is 5.68. The number of anilines is 1. The van der Waals surface area contributed by atoms with E-state index in [-0.39, 0.29) is 5.69 Å². The fourth-order valence-electron chi connectivity index (χ4n) is 2.12. The number of alkyl halides is 3. The summed E-state index contributed by atoms with van der Waals surface area (Å²) in [5.41, 5.74) is 0.790. The van der Waals surface area contributed by atoms with Crippen molar-refractivity contribution in [1.29, 1.82) is 0 Å². The molecule has 1 aromatic heterocycles. The summed E-state index contributed by atoms with van der Waals surface area (Å²) < 4.78 is 37.6. The monoisotopic (exact) mass is 317 g/mol. The Morgan fingerprint density at radius 2 is 1.65 bits per heavy atom. The highest BCUT2D eigenvalue weighted by molar-refractivity contribution is 6.11. The third-order valence-corrected chi connectivity index (χ3v) is 3.21. The first-order chi connectivity index (χ1) is 10.9. The lowest BCUT2D eigenvalue weighted by atomic mass is 10.1. The second-order valence-corrected chi connectivity index (χ2v) is 4.76. The molecule has 2 aromatic carbocycles. The van der Waals surface area contributed by atoms with Gasteiger partial charge in [0.25, 0.3) is 5.91 Å². The zero-order valence-corrected chi connectivity index (χ0v) is 11.6. The Labute approximate surface area is 129 Å². The second-order valence-electron chi connectivity index (χ2n) is 4.76. The van der Waals surface area contributed by atoms with Gasteiger partial charge in [0.2, 0.25) is 0 Å². The molecule has 0 bridgehead atoms. The summed E-state index contributed by atoms with van der Waals surface area (Å²) in [5.74, 6) is -0.462. The minimum Gasteiger partial charge on any atom is -0.322 e. The molecular formula is C16H10F3N3O. The van der Waals surface area contributed by atoms with Crippen LogP contribution in [0.4, 0.5) is 18.9 Å². The van der Waals surface area contributed by atoms with Crippen LogP contribution >= 0.6 is 0 Å². The van der Waals surface area contributed by atoms with Gasteiger partial charge in [0, 0.05) is 18.1 Å². The summed E-state index contributed by atoms with van der Waals surface area (Å²) in [7, 11) is 0. The van der Waals surface area contributed by atoms with Crippen LogP contribution in [0.3, 0.4) is 0 Å². The van der Waals surface area contributed by atoms with Gasteiger partial charge in [-0.1, -0.05) is 6.07 Å². The third-order valence-electron chi connectivity index (χ3n) is 3.21. The topological polar surface area (TPSA) is 54.9 Å². The minimum absolute atomic E-state index is 0.267. The lowest BCUT2D eigenvalue weighted by Crippen LogP contribution is -2.13. The van der Waals surface area contributed by atoms with Gasteiger partial charge in [-0.3, -0.25) is 14.8 Å². The molecule has 3 rings (SSSR count). The van der Waals surface area contributed by atoms with Crippen molar-refractivity contribution in [3.05, 3.63) is 66.0 Å². The molecule has 0 unspecified atom stereocenters. The molecule has 0 aliphatic rings. The van der Waals surface area contributed by atoms with Crippen LogP contribution in [0.25, 0.3) is 11.0 Å². The fourth-order valence-corrected chi connectivity index (χ4v) is 2.12. The predicted octanol–water partition coefficient (Wildman–Crippen LogP) is 3.90. The van der Waals surface area contributed by atoms with E-state index in [1.54, 1.807) is 18.2 Å². The van der Waals surface area contributed by atoms with Crippen LogP contribution in [-0.2, 0) is 6.18 Å². The number of nitrogens with zero attached hydrogens (tertiary/aromatic N) is 2. The summed E-state index contributed by atoms with van der Waals surface area (Å²) in [6, 6.07) is 9.21. The van der Waals surface area contributed by atoms with Gasteiger partial charge in [0.1, 0.15) is 5.52 Å². The molecule has 0 aliphatic carbocycles. The molecule has 23 heavy (non-hydrogen) atoms. The SMILES string of the molecule is O=C(Nc1ccc(C(F)(F)F)cc1)c1cccc2nccnc12. The van der Waals surface area contributed by atoms with E-state index in [2.05, 4.69) is 15.3 Å². The first-order valence-electron chi connectivity index (χ1n) is 6.63. The fraction of sp³-hybridized carbons (Fsp3) is 0.0625. The maximum atomic E-state index is 12.5. The number of hydrogen-bond donors (Lipinski definition) is 1. The Bertz CT molecular complexity index is 855. The quantitative estimate of drug-likeness (QED) is 0.780. The standard InChI is InChI=1S/C16H10F3N3O/c17-16(18,19)10-4-6-11(7-5-10)22-15(23)12-2-1-3-13-14(12)21-9-8-20-13/h1-9H,(H,22,23). The first kappa shape index (κ1) is 15.0. The highest BCUT2D eigenvalue weighted by Gasteiger charge is 2.30. The number of carbonyl (C=O) groups is 1. The summed E-state index contributed by atoms with van der Waals surface area (Å²) in [6.45, 7) is 0. The summed E-state index contributed by atoms with van der Waals surface area (Å²) in [5, 5.41) is 2.55. The molecular weight excluding hydrogens is 307 g/mol. The third kappa shape index (κ3) is 3.13. The molecule has 0 aliphatic heterocycles. The van der Waals surface area contributed by atoms with Crippen molar-refractivity contribution in [2.24, 2.45) is 0 Å². The Morgan fingerprint density at radius 1 is 0.957 bits per heavy atom. The van der Waals surface area contributed by atoms with Crippen LogP contribution in [0.1, 0.15) is 15.9 Å². The number of halogens is 3. The van der Waals surface area contributed by atoms with E-state index in [9.17, 15) is 18.0 Å². The number of carbonyl (C=O) groups excluding carboxylic acids is 1. The first-order valence-corrected chi connectivity index (χ1v) is 6.63. The van der Waals surface area contributed by atoms with Crippen LogP contribution in [0.5, 0.6) is 0 Å². The molecule has 116 valence electrons. The smallest absolute Gasteiger partial charge is 0.322 e. The summed E-state index contributed by atoms with van der Waals surface area (Å²) >= 11 is 0. The molecule has 0 fully saturated rings. The van der Waals surface area contributed by atoms with Crippen molar-refractivity contribution in [1.82, 2.24) is 9.97 Å². The number of rotatable bonds is 2.